The van der Waals surface area contributed by atoms with Crippen molar-refractivity contribution in [2.75, 3.05) is 0 Å². The van der Waals surface area contributed by atoms with Crippen LogP contribution in [-0.4, -0.2) is 4.92 Å². The number of hydrogen-bond acceptors (Lipinski definition) is 3. The van der Waals surface area contributed by atoms with Gasteiger partial charge in [0, 0.05) is 17.2 Å². The highest BCUT2D eigenvalue weighted by atomic mass is 35.5. The van der Waals surface area contributed by atoms with Crippen LogP contribution in [-0.2, 0) is 6.61 Å². The first kappa shape index (κ1) is 13.3. The number of nitro groups is 1. The summed E-state index contributed by atoms with van der Waals surface area (Å²) in [5.41, 5.74) is 0.398. The molecule has 0 spiro atoms. The third-order valence-electron chi connectivity index (χ3n) is 2.40. The quantitative estimate of drug-likeness (QED) is 0.629. The van der Waals surface area contributed by atoms with Crippen molar-refractivity contribution in [2.45, 2.75) is 6.61 Å². The third kappa shape index (κ3) is 3.42. The van der Waals surface area contributed by atoms with Crippen LogP contribution in [0.15, 0.2) is 42.5 Å². The maximum Gasteiger partial charge on any atom is 0.311 e. The third-order valence-corrected chi connectivity index (χ3v) is 2.64. The van der Waals surface area contributed by atoms with Gasteiger partial charge in [0.25, 0.3) is 0 Å². The lowest BCUT2D eigenvalue weighted by Gasteiger charge is -2.07. The highest BCUT2D eigenvalue weighted by Gasteiger charge is 2.15. The van der Waals surface area contributed by atoms with Crippen molar-refractivity contribution < 1.29 is 14.1 Å². The molecule has 0 saturated carbocycles. The number of halogens is 2. The van der Waals surface area contributed by atoms with Gasteiger partial charge in [0.15, 0.2) is 5.75 Å². The first-order valence-electron chi connectivity index (χ1n) is 5.37. The Hall–Kier alpha value is -2.14. The summed E-state index contributed by atoms with van der Waals surface area (Å²) in [6.45, 7) is 0.0267. The molecule has 0 saturated heterocycles. The lowest BCUT2D eigenvalue weighted by Crippen LogP contribution is -1.99. The molecule has 0 radical (unpaired) electrons. The summed E-state index contributed by atoms with van der Waals surface area (Å²) in [7, 11) is 0. The van der Waals surface area contributed by atoms with Gasteiger partial charge in [-0.05, 0) is 23.8 Å². The number of nitro benzene ring substituents is 1. The second-order valence-electron chi connectivity index (χ2n) is 3.79. The van der Waals surface area contributed by atoms with Crippen molar-refractivity contribution in [3.05, 3.63) is 69.0 Å². The van der Waals surface area contributed by atoms with E-state index in [1.54, 1.807) is 12.1 Å². The minimum atomic E-state index is -0.558. The Morgan fingerprint density at radius 3 is 2.74 bits per heavy atom. The fourth-order valence-corrected chi connectivity index (χ4v) is 1.70. The molecule has 0 aliphatic heterocycles. The van der Waals surface area contributed by atoms with Crippen LogP contribution in [0.4, 0.5) is 10.1 Å². The predicted octanol–water partition coefficient (Wildman–Crippen LogP) is 3.97. The van der Waals surface area contributed by atoms with E-state index >= 15 is 0 Å². The molecule has 98 valence electrons. The van der Waals surface area contributed by atoms with Gasteiger partial charge in [-0.15, -0.1) is 0 Å². The molecule has 2 aromatic rings. The van der Waals surface area contributed by atoms with E-state index in [9.17, 15) is 14.5 Å². The SMILES string of the molecule is O=[N+]([O-])c1ccc(Cl)cc1OCc1cccc(F)c1. The standard InChI is InChI=1S/C13H9ClFNO3/c14-10-4-5-12(16(17)18)13(7-10)19-8-9-2-1-3-11(15)6-9/h1-7H,8H2. The molecule has 0 atom stereocenters. The Balaban J connectivity index is 2.19. The summed E-state index contributed by atoms with van der Waals surface area (Å²) in [4.78, 5) is 10.3. The molecule has 0 unspecified atom stereocenters. The van der Waals surface area contributed by atoms with Gasteiger partial charge in [0.1, 0.15) is 12.4 Å². The summed E-state index contributed by atoms with van der Waals surface area (Å²) in [5.74, 6) is -0.330. The van der Waals surface area contributed by atoms with Crippen LogP contribution < -0.4 is 4.74 Å². The fourth-order valence-electron chi connectivity index (χ4n) is 1.54. The first-order chi connectivity index (χ1) is 9.06. The van der Waals surface area contributed by atoms with E-state index in [1.165, 1.54) is 30.3 Å². The average molecular weight is 282 g/mol. The number of rotatable bonds is 4. The monoisotopic (exact) mass is 281 g/mol. The first-order valence-corrected chi connectivity index (χ1v) is 5.75. The van der Waals surface area contributed by atoms with E-state index in [0.717, 1.165) is 0 Å². The van der Waals surface area contributed by atoms with E-state index in [1.807, 2.05) is 0 Å². The summed E-state index contributed by atoms with van der Waals surface area (Å²) in [5, 5.41) is 11.2. The maximum atomic E-state index is 13.0. The molecule has 0 amide bonds. The topological polar surface area (TPSA) is 52.4 Å². The molecule has 0 bridgehead atoms. The highest BCUT2D eigenvalue weighted by Crippen LogP contribution is 2.30. The van der Waals surface area contributed by atoms with Gasteiger partial charge in [-0.1, -0.05) is 23.7 Å². The van der Waals surface area contributed by atoms with Crippen LogP contribution >= 0.6 is 11.6 Å². The van der Waals surface area contributed by atoms with Crippen LogP contribution in [0.2, 0.25) is 5.02 Å². The van der Waals surface area contributed by atoms with Crippen LogP contribution in [0.5, 0.6) is 5.75 Å². The van der Waals surface area contributed by atoms with Crippen molar-refractivity contribution in [2.24, 2.45) is 0 Å². The second-order valence-corrected chi connectivity index (χ2v) is 4.22. The van der Waals surface area contributed by atoms with E-state index < -0.39 is 4.92 Å². The van der Waals surface area contributed by atoms with Gasteiger partial charge in [-0.25, -0.2) is 4.39 Å². The number of ether oxygens (including phenoxy) is 1. The van der Waals surface area contributed by atoms with Gasteiger partial charge in [0.2, 0.25) is 0 Å². The predicted molar refractivity (Wildman–Crippen MR) is 68.8 cm³/mol. The normalized spacial score (nSPS) is 10.2. The van der Waals surface area contributed by atoms with Crippen molar-refractivity contribution in [1.29, 1.82) is 0 Å². The zero-order valence-corrected chi connectivity index (χ0v) is 10.4. The van der Waals surface area contributed by atoms with E-state index in [2.05, 4.69) is 0 Å². The van der Waals surface area contributed by atoms with Gasteiger partial charge in [-0.3, -0.25) is 10.1 Å². The molecule has 19 heavy (non-hydrogen) atoms. The lowest BCUT2D eigenvalue weighted by atomic mass is 10.2. The molecule has 2 aromatic carbocycles. The molecule has 2 rings (SSSR count). The molecule has 0 fully saturated rings. The molecule has 0 aliphatic rings. The zero-order chi connectivity index (χ0) is 13.8. The van der Waals surface area contributed by atoms with Crippen LogP contribution in [0.3, 0.4) is 0 Å². The Bertz CT molecular complexity index is 619. The Morgan fingerprint density at radius 1 is 1.26 bits per heavy atom. The Morgan fingerprint density at radius 2 is 2.05 bits per heavy atom. The summed E-state index contributed by atoms with van der Waals surface area (Å²) in [6, 6.07) is 9.86. The van der Waals surface area contributed by atoms with Crippen LogP contribution in [0.25, 0.3) is 0 Å². The molecule has 0 aromatic heterocycles. The molecule has 0 heterocycles. The largest absolute Gasteiger partial charge is 0.482 e. The number of benzene rings is 2. The smallest absolute Gasteiger partial charge is 0.311 e. The minimum Gasteiger partial charge on any atom is -0.482 e. The van der Waals surface area contributed by atoms with Crippen molar-refractivity contribution in [3.63, 3.8) is 0 Å². The highest BCUT2D eigenvalue weighted by molar-refractivity contribution is 6.30. The number of nitrogens with zero attached hydrogens (tertiary/aromatic N) is 1. The average Bonchev–Trinajstić information content (AvgIpc) is 2.36. The van der Waals surface area contributed by atoms with Crippen molar-refractivity contribution >= 4 is 17.3 Å². The van der Waals surface area contributed by atoms with Gasteiger partial charge >= 0.3 is 5.69 Å². The van der Waals surface area contributed by atoms with Gasteiger partial charge in [-0.2, -0.15) is 0 Å². The Kier molecular flexibility index (Phi) is 3.97. The molecule has 4 nitrogen and oxygen atoms in total. The molecular weight excluding hydrogens is 273 g/mol. The molecular formula is C13H9ClFNO3. The van der Waals surface area contributed by atoms with Gasteiger partial charge < -0.3 is 4.74 Å². The van der Waals surface area contributed by atoms with Crippen molar-refractivity contribution in [3.8, 4) is 5.75 Å². The maximum absolute atomic E-state index is 13.0. The lowest BCUT2D eigenvalue weighted by molar-refractivity contribution is -0.385. The zero-order valence-electron chi connectivity index (χ0n) is 9.68. The molecule has 0 aliphatic carbocycles. The fraction of sp³-hybridized carbons (Fsp3) is 0.0769. The van der Waals surface area contributed by atoms with Gasteiger partial charge in [0.05, 0.1) is 4.92 Å². The minimum absolute atomic E-state index is 0.0267. The second kappa shape index (κ2) is 5.67. The van der Waals surface area contributed by atoms with E-state index in [-0.39, 0.29) is 23.9 Å². The summed E-state index contributed by atoms with van der Waals surface area (Å²) in [6.07, 6.45) is 0. The van der Waals surface area contributed by atoms with Crippen LogP contribution in [0.1, 0.15) is 5.56 Å². The van der Waals surface area contributed by atoms with Crippen LogP contribution in [0, 0.1) is 15.9 Å². The number of hydrogen-bond donors (Lipinski definition) is 0. The molecule has 6 heteroatoms. The van der Waals surface area contributed by atoms with E-state index in [4.69, 9.17) is 16.3 Å². The molecule has 0 N–H and O–H groups in total. The summed E-state index contributed by atoms with van der Waals surface area (Å²) < 4.78 is 18.3. The summed E-state index contributed by atoms with van der Waals surface area (Å²) >= 11 is 5.77. The Labute approximate surface area is 113 Å². The van der Waals surface area contributed by atoms with Crippen molar-refractivity contribution in [1.82, 2.24) is 0 Å². The van der Waals surface area contributed by atoms with E-state index in [0.29, 0.717) is 10.6 Å².